The molecule has 2 N–H and O–H groups in total. The number of nitrogens with zero attached hydrogens (tertiary/aromatic N) is 1. The van der Waals surface area contributed by atoms with Crippen LogP contribution in [0.1, 0.15) is 13.8 Å². The molecule has 0 amide bonds. The first-order valence-electron chi connectivity index (χ1n) is 5.49. The minimum Gasteiger partial charge on any atom is -0.399 e. The molecule has 0 aromatic heterocycles. The normalized spacial score (nSPS) is 11.2. The highest BCUT2D eigenvalue weighted by atomic mass is 33.1. The summed E-state index contributed by atoms with van der Waals surface area (Å²) < 4.78 is 24.6. The van der Waals surface area contributed by atoms with Crippen LogP contribution in [0.5, 0.6) is 0 Å². The molecule has 0 heterocycles. The predicted molar refractivity (Wildman–Crippen MR) is 81.2 cm³/mol. The molecular weight excluding hydrogens is 288 g/mol. The highest BCUT2D eigenvalue weighted by Crippen LogP contribution is 2.27. The zero-order valence-electron chi connectivity index (χ0n) is 10.3. The maximum atomic E-state index is 12.1. The molecule has 18 heavy (non-hydrogen) atoms. The molecule has 4 nitrogen and oxygen atoms in total. The minimum absolute atomic E-state index is 0.182. The van der Waals surface area contributed by atoms with Crippen molar-refractivity contribution >= 4 is 41.9 Å². The molecular formula is C11H16N2O2S3. The van der Waals surface area contributed by atoms with Crippen LogP contribution in [0.15, 0.2) is 29.2 Å². The van der Waals surface area contributed by atoms with Crippen LogP contribution in [0.25, 0.3) is 0 Å². The molecule has 100 valence electrons. The lowest BCUT2D eigenvalue weighted by Crippen LogP contribution is -2.27. The monoisotopic (exact) mass is 304 g/mol. The van der Waals surface area contributed by atoms with E-state index in [0.717, 1.165) is 0 Å². The van der Waals surface area contributed by atoms with Crippen molar-refractivity contribution in [1.82, 2.24) is 4.90 Å². The summed E-state index contributed by atoms with van der Waals surface area (Å²) in [6.07, 6.45) is 0. The molecule has 7 heteroatoms. The number of thiocarbonyl (C=S) groups is 1. The van der Waals surface area contributed by atoms with Crippen LogP contribution in [0.2, 0.25) is 0 Å². The molecule has 0 aliphatic carbocycles. The first kappa shape index (κ1) is 15.3. The minimum atomic E-state index is -3.49. The van der Waals surface area contributed by atoms with E-state index in [0.29, 0.717) is 33.9 Å². The summed E-state index contributed by atoms with van der Waals surface area (Å²) in [6, 6.07) is 6.21. The quantitative estimate of drug-likeness (QED) is 0.523. The average Bonchev–Trinajstić information content (AvgIpc) is 2.30. The zero-order valence-corrected chi connectivity index (χ0v) is 12.7. The summed E-state index contributed by atoms with van der Waals surface area (Å²) in [4.78, 5) is 2.01. The smallest absolute Gasteiger partial charge is 0.236 e. The maximum Gasteiger partial charge on any atom is 0.236 e. The molecule has 0 saturated carbocycles. The highest BCUT2D eigenvalue weighted by Gasteiger charge is 2.20. The van der Waals surface area contributed by atoms with Gasteiger partial charge in [-0.2, -0.15) is 0 Å². The number of rotatable bonds is 4. The van der Waals surface area contributed by atoms with Crippen molar-refractivity contribution in [1.29, 1.82) is 0 Å². The van der Waals surface area contributed by atoms with Gasteiger partial charge in [-0.1, -0.05) is 18.3 Å². The van der Waals surface area contributed by atoms with Crippen molar-refractivity contribution in [3.05, 3.63) is 24.3 Å². The van der Waals surface area contributed by atoms with Crippen molar-refractivity contribution in [3.63, 3.8) is 0 Å². The summed E-state index contributed by atoms with van der Waals surface area (Å²) >= 11 is 5.13. The number of anilines is 1. The lowest BCUT2D eigenvalue weighted by Gasteiger charge is -2.20. The number of hydrogen-bond acceptors (Lipinski definition) is 5. The Balaban J connectivity index is 2.92. The summed E-state index contributed by atoms with van der Waals surface area (Å²) in [5.41, 5.74) is 6.00. The van der Waals surface area contributed by atoms with Crippen LogP contribution in [-0.4, -0.2) is 30.7 Å². The van der Waals surface area contributed by atoms with E-state index in [1.165, 1.54) is 12.1 Å². The van der Waals surface area contributed by atoms with Gasteiger partial charge in [0, 0.05) is 29.6 Å². The van der Waals surface area contributed by atoms with Gasteiger partial charge in [0.05, 0.1) is 4.90 Å². The second-order valence-electron chi connectivity index (χ2n) is 3.55. The third-order valence-electron chi connectivity index (χ3n) is 2.35. The Morgan fingerprint density at radius 1 is 1.39 bits per heavy atom. The van der Waals surface area contributed by atoms with Gasteiger partial charge in [0.1, 0.15) is 0 Å². The van der Waals surface area contributed by atoms with Crippen LogP contribution < -0.4 is 5.73 Å². The van der Waals surface area contributed by atoms with E-state index in [-0.39, 0.29) is 4.90 Å². The maximum absolute atomic E-state index is 12.1. The zero-order chi connectivity index (χ0) is 13.8. The highest BCUT2D eigenvalue weighted by molar-refractivity contribution is 8.79. The number of benzene rings is 1. The second-order valence-corrected chi connectivity index (χ2v) is 7.94. The van der Waals surface area contributed by atoms with Crippen molar-refractivity contribution in [3.8, 4) is 0 Å². The first-order chi connectivity index (χ1) is 8.40. The van der Waals surface area contributed by atoms with E-state index in [1.807, 2.05) is 18.7 Å². The van der Waals surface area contributed by atoms with E-state index >= 15 is 0 Å². The molecule has 0 unspecified atom stereocenters. The third-order valence-corrected chi connectivity index (χ3v) is 6.33. The molecule has 1 aromatic rings. The fraction of sp³-hybridized carbons (Fsp3) is 0.364. The Hall–Kier alpha value is -0.790. The van der Waals surface area contributed by atoms with E-state index in [2.05, 4.69) is 0 Å². The number of hydrogen-bond donors (Lipinski definition) is 1. The predicted octanol–water partition coefficient (Wildman–Crippen LogP) is 2.32. The summed E-state index contributed by atoms with van der Waals surface area (Å²) in [6.45, 7) is 5.25. The van der Waals surface area contributed by atoms with Crippen molar-refractivity contribution in [2.45, 2.75) is 18.7 Å². The van der Waals surface area contributed by atoms with E-state index in [1.54, 1.807) is 12.1 Å². The molecule has 0 radical (unpaired) electrons. The molecule has 0 atom stereocenters. The van der Waals surface area contributed by atoms with Crippen LogP contribution in [-0.2, 0) is 8.87 Å². The van der Waals surface area contributed by atoms with E-state index in [9.17, 15) is 8.42 Å². The summed E-state index contributed by atoms with van der Waals surface area (Å²) in [5, 5.41) is 0. The number of nitrogen functional groups attached to an aromatic ring is 1. The molecule has 0 saturated heterocycles. The van der Waals surface area contributed by atoms with E-state index in [4.69, 9.17) is 18.0 Å². The van der Waals surface area contributed by atoms with Crippen LogP contribution in [0, 0.1) is 0 Å². The van der Waals surface area contributed by atoms with Gasteiger partial charge in [-0.25, -0.2) is 8.42 Å². The first-order valence-corrected chi connectivity index (χ1v) is 8.72. The SMILES string of the molecule is CCN(CC)C(=S)SS(=O)(=O)c1cccc(N)c1. The topological polar surface area (TPSA) is 63.4 Å². The molecule has 1 aromatic carbocycles. The van der Waals surface area contributed by atoms with Gasteiger partial charge in [0.25, 0.3) is 0 Å². The van der Waals surface area contributed by atoms with Gasteiger partial charge in [-0.05, 0) is 32.0 Å². The van der Waals surface area contributed by atoms with Gasteiger partial charge in [-0.15, -0.1) is 0 Å². The average molecular weight is 304 g/mol. The van der Waals surface area contributed by atoms with Gasteiger partial charge < -0.3 is 10.6 Å². The molecule has 0 fully saturated rings. The Morgan fingerprint density at radius 3 is 2.50 bits per heavy atom. The van der Waals surface area contributed by atoms with Crippen molar-refractivity contribution in [2.24, 2.45) is 0 Å². The molecule has 0 aliphatic heterocycles. The van der Waals surface area contributed by atoms with Crippen LogP contribution in [0.4, 0.5) is 5.69 Å². The molecule has 0 spiro atoms. The lowest BCUT2D eigenvalue weighted by molar-refractivity contribution is 0.482. The van der Waals surface area contributed by atoms with Gasteiger partial charge in [0.2, 0.25) is 8.87 Å². The molecule has 0 aliphatic rings. The lowest BCUT2D eigenvalue weighted by atomic mass is 10.3. The summed E-state index contributed by atoms with van der Waals surface area (Å²) in [5.74, 6) is 0. The summed E-state index contributed by atoms with van der Waals surface area (Å²) in [7, 11) is -2.80. The fourth-order valence-corrected chi connectivity index (χ4v) is 5.06. The van der Waals surface area contributed by atoms with Crippen molar-refractivity contribution in [2.75, 3.05) is 18.8 Å². The molecule has 1 rings (SSSR count). The fourth-order valence-electron chi connectivity index (χ4n) is 1.35. The Labute approximate surface area is 117 Å². The van der Waals surface area contributed by atoms with Crippen LogP contribution >= 0.6 is 23.0 Å². The van der Waals surface area contributed by atoms with Gasteiger partial charge in [-0.3, -0.25) is 0 Å². The van der Waals surface area contributed by atoms with Gasteiger partial charge in [0.15, 0.2) is 4.32 Å². The standard InChI is InChI=1S/C11H16N2O2S3/c1-3-13(4-2)11(16)17-18(14,15)10-7-5-6-9(12)8-10/h5-8H,3-4,12H2,1-2H3. The Bertz CT molecular complexity index is 525. The molecule has 0 bridgehead atoms. The van der Waals surface area contributed by atoms with Crippen molar-refractivity contribution < 1.29 is 8.42 Å². The second kappa shape index (κ2) is 6.40. The van der Waals surface area contributed by atoms with Gasteiger partial charge >= 0.3 is 0 Å². The largest absolute Gasteiger partial charge is 0.399 e. The third kappa shape index (κ3) is 3.86. The van der Waals surface area contributed by atoms with Crippen LogP contribution in [0.3, 0.4) is 0 Å². The Morgan fingerprint density at radius 2 is 2.00 bits per heavy atom. The van der Waals surface area contributed by atoms with E-state index < -0.39 is 8.87 Å². The Kier molecular flexibility index (Phi) is 5.43. The number of nitrogens with two attached hydrogens (primary N) is 1.